The molecule has 0 saturated carbocycles. The van der Waals surface area contributed by atoms with E-state index >= 15 is 0 Å². The number of fused-ring (bicyclic) bond motifs is 1. The second-order valence-electron chi connectivity index (χ2n) is 5.85. The average molecular weight is 374 g/mol. The first-order chi connectivity index (χ1) is 12.1. The fraction of sp³-hybridized carbons (Fsp3) is 0.222. The van der Waals surface area contributed by atoms with Crippen LogP contribution in [0.4, 0.5) is 5.69 Å². The van der Waals surface area contributed by atoms with Crippen LogP contribution in [0.3, 0.4) is 0 Å². The highest BCUT2D eigenvalue weighted by molar-refractivity contribution is 7.71. The van der Waals surface area contributed by atoms with Crippen molar-refractivity contribution < 1.29 is 4.74 Å². The molecule has 0 amide bonds. The molecule has 0 unspecified atom stereocenters. The Morgan fingerprint density at radius 3 is 2.56 bits per heavy atom. The van der Waals surface area contributed by atoms with Crippen LogP contribution in [0.2, 0.25) is 5.02 Å². The first-order valence-electron chi connectivity index (χ1n) is 8.02. The van der Waals surface area contributed by atoms with E-state index in [1.807, 2.05) is 24.3 Å². The maximum absolute atomic E-state index is 13.1. The summed E-state index contributed by atoms with van der Waals surface area (Å²) in [5.41, 5.74) is 2.23. The first kappa shape index (κ1) is 16.3. The number of morpholine rings is 1. The number of nitrogens with zero attached hydrogens (tertiary/aromatic N) is 2. The molecule has 1 aromatic heterocycles. The minimum absolute atomic E-state index is 0.156. The quantitative estimate of drug-likeness (QED) is 0.698. The van der Waals surface area contributed by atoms with Crippen molar-refractivity contribution >= 4 is 40.4 Å². The lowest BCUT2D eigenvalue weighted by Gasteiger charge is -2.30. The van der Waals surface area contributed by atoms with Gasteiger partial charge in [0, 0.05) is 18.1 Å². The Labute approximate surface area is 154 Å². The second-order valence-corrected chi connectivity index (χ2v) is 6.67. The van der Waals surface area contributed by atoms with E-state index in [1.165, 1.54) is 0 Å². The zero-order valence-corrected chi connectivity index (χ0v) is 14.9. The van der Waals surface area contributed by atoms with Crippen molar-refractivity contribution in [2.45, 2.75) is 0 Å². The number of aromatic amines is 1. The van der Waals surface area contributed by atoms with E-state index in [0.717, 1.165) is 24.5 Å². The maximum Gasteiger partial charge on any atom is 0.266 e. The van der Waals surface area contributed by atoms with Gasteiger partial charge in [-0.2, -0.15) is 0 Å². The lowest BCUT2D eigenvalue weighted by atomic mass is 10.2. The number of para-hydroxylation sites is 2. The smallest absolute Gasteiger partial charge is 0.266 e. The summed E-state index contributed by atoms with van der Waals surface area (Å²) in [5.74, 6) is 0. The molecule has 3 aromatic rings. The number of anilines is 1. The molecule has 2 aromatic carbocycles. The number of ether oxygens (including phenoxy) is 1. The van der Waals surface area contributed by atoms with Crippen molar-refractivity contribution in [1.82, 2.24) is 9.55 Å². The number of benzene rings is 2. The number of nitrogens with one attached hydrogen (secondary N) is 1. The third kappa shape index (κ3) is 2.97. The summed E-state index contributed by atoms with van der Waals surface area (Å²) >= 11 is 11.5. The number of aromatic nitrogens is 2. The van der Waals surface area contributed by atoms with E-state index in [2.05, 4.69) is 9.88 Å². The van der Waals surface area contributed by atoms with Crippen LogP contribution in [0.25, 0.3) is 16.6 Å². The molecule has 2 heterocycles. The van der Waals surface area contributed by atoms with E-state index in [4.69, 9.17) is 28.6 Å². The van der Waals surface area contributed by atoms with Crippen LogP contribution < -0.4 is 10.5 Å². The van der Waals surface area contributed by atoms with Gasteiger partial charge in [0.2, 0.25) is 0 Å². The number of hydrogen-bond acceptors (Lipinski definition) is 4. The minimum Gasteiger partial charge on any atom is -0.378 e. The van der Waals surface area contributed by atoms with Gasteiger partial charge < -0.3 is 14.6 Å². The molecule has 0 atom stereocenters. The molecule has 0 aliphatic carbocycles. The van der Waals surface area contributed by atoms with E-state index in [1.54, 1.807) is 22.8 Å². The largest absolute Gasteiger partial charge is 0.378 e. The number of rotatable bonds is 2. The summed E-state index contributed by atoms with van der Waals surface area (Å²) in [5, 5.41) is 1.11. The van der Waals surface area contributed by atoms with Crippen molar-refractivity contribution in [2.75, 3.05) is 31.2 Å². The Balaban J connectivity index is 1.95. The van der Waals surface area contributed by atoms with Gasteiger partial charge in [-0.15, -0.1) is 0 Å². The summed E-state index contributed by atoms with van der Waals surface area (Å²) in [6.07, 6.45) is 0. The molecule has 0 spiro atoms. The zero-order chi connectivity index (χ0) is 17.4. The van der Waals surface area contributed by atoms with Gasteiger partial charge in [0.05, 0.1) is 35.5 Å². The second kappa shape index (κ2) is 6.63. The lowest BCUT2D eigenvalue weighted by molar-refractivity contribution is 0.122. The van der Waals surface area contributed by atoms with Gasteiger partial charge in [-0.1, -0.05) is 23.7 Å². The summed E-state index contributed by atoms with van der Waals surface area (Å²) in [6, 6.07) is 12.9. The van der Waals surface area contributed by atoms with E-state index < -0.39 is 0 Å². The van der Waals surface area contributed by atoms with Crippen molar-refractivity contribution in [3.8, 4) is 5.69 Å². The normalized spacial score (nSPS) is 14.8. The zero-order valence-electron chi connectivity index (χ0n) is 13.4. The summed E-state index contributed by atoms with van der Waals surface area (Å²) in [4.78, 5) is 18.4. The van der Waals surface area contributed by atoms with Crippen molar-refractivity contribution in [3.05, 3.63) is 62.6 Å². The Hall–Kier alpha value is -2.15. The van der Waals surface area contributed by atoms with Gasteiger partial charge in [-0.25, -0.2) is 0 Å². The lowest BCUT2D eigenvalue weighted by Crippen LogP contribution is -2.37. The molecule has 1 aliphatic rings. The van der Waals surface area contributed by atoms with Gasteiger partial charge in [0.1, 0.15) is 0 Å². The van der Waals surface area contributed by atoms with Gasteiger partial charge in [-0.3, -0.25) is 9.36 Å². The van der Waals surface area contributed by atoms with E-state index in [-0.39, 0.29) is 5.56 Å². The molecule has 7 heteroatoms. The van der Waals surface area contributed by atoms with E-state index in [0.29, 0.717) is 33.9 Å². The monoisotopic (exact) mass is 373 g/mol. The molecule has 1 fully saturated rings. The molecule has 1 saturated heterocycles. The third-order valence-corrected chi connectivity index (χ3v) is 4.85. The Morgan fingerprint density at radius 2 is 1.80 bits per heavy atom. The highest BCUT2D eigenvalue weighted by Gasteiger charge is 2.17. The van der Waals surface area contributed by atoms with Gasteiger partial charge in [0.15, 0.2) is 4.77 Å². The number of H-pyrrole nitrogens is 1. The Kier molecular flexibility index (Phi) is 4.33. The van der Waals surface area contributed by atoms with E-state index in [9.17, 15) is 4.79 Å². The predicted molar refractivity (Wildman–Crippen MR) is 103 cm³/mol. The molecule has 0 bridgehead atoms. The molecule has 128 valence electrons. The van der Waals surface area contributed by atoms with Crippen LogP contribution in [-0.4, -0.2) is 35.9 Å². The molecular weight excluding hydrogens is 358 g/mol. The highest BCUT2D eigenvalue weighted by Crippen LogP contribution is 2.25. The highest BCUT2D eigenvalue weighted by atomic mass is 35.5. The van der Waals surface area contributed by atoms with Crippen molar-refractivity contribution in [1.29, 1.82) is 0 Å². The van der Waals surface area contributed by atoms with Crippen LogP contribution in [0.5, 0.6) is 0 Å². The summed E-state index contributed by atoms with van der Waals surface area (Å²) in [6.45, 7) is 2.91. The van der Waals surface area contributed by atoms with Crippen LogP contribution in [0, 0.1) is 4.77 Å². The molecule has 1 aliphatic heterocycles. The number of halogens is 1. The predicted octanol–water partition coefficient (Wildman–Crippen LogP) is 3.54. The molecule has 4 rings (SSSR count). The fourth-order valence-electron chi connectivity index (χ4n) is 3.13. The molecule has 25 heavy (non-hydrogen) atoms. The third-order valence-electron chi connectivity index (χ3n) is 4.33. The van der Waals surface area contributed by atoms with Gasteiger partial charge >= 0.3 is 0 Å². The van der Waals surface area contributed by atoms with Crippen LogP contribution in [0.15, 0.2) is 47.3 Å². The number of hydrogen-bond donors (Lipinski definition) is 1. The Bertz CT molecular complexity index is 1050. The van der Waals surface area contributed by atoms with Crippen LogP contribution in [-0.2, 0) is 4.74 Å². The standard InChI is InChI=1S/C18H16ClN3O2S/c19-12-5-6-13-14(11-12)20-18(25)22(17(13)23)16-4-2-1-3-15(16)21-7-9-24-10-8-21/h1-6,11H,7-10H2,(H,20,25). The molecule has 0 radical (unpaired) electrons. The molecular formula is C18H16ClN3O2S. The van der Waals surface area contributed by atoms with Crippen molar-refractivity contribution in [3.63, 3.8) is 0 Å². The van der Waals surface area contributed by atoms with Gasteiger partial charge in [-0.05, 0) is 42.5 Å². The maximum atomic E-state index is 13.1. The summed E-state index contributed by atoms with van der Waals surface area (Å²) < 4.78 is 7.33. The van der Waals surface area contributed by atoms with Crippen LogP contribution in [0.1, 0.15) is 0 Å². The van der Waals surface area contributed by atoms with Crippen LogP contribution >= 0.6 is 23.8 Å². The first-order valence-corrected chi connectivity index (χ1v) is 8.80. The topological polar surface area (TPSA) is 50.3 Å². The summed E-state index contributed by atoms with van der Waals surface area (Å²) in [7, 11) is 0. The minimum atomic E-state index is -0.156. The fourth-order valence-corrected chi connectivity index (χ4v) is 3.60. The van der Waals surface area contributed by atoms with Crippen molar-refractivity contribution in [2.24, 2.45) is 0 Å². The van der Waals surface area contributed by atoms with Gasteiger partial charge in [0.25, 0.3) is 5.56 Å². The average Bonchev–Trinajstić information content (AvgIpc) is 2.62. The molecule has 5 nitrogen and oxygen atoms in total. The SMILES string of the molecule is O=c1c2ccc(Cl)cc2[nH]c(=S)n1-c1ccccc1N1CCOCC1. The Morgan fingerprint density at radius 1 is 1.08 bits per heavy atom. The molecule has 1 N–H and O–H groups in total.